The number of nitrogens with zero attached hydrogens (tertiary/aromatic N) is 2. The van der Waals surface area contributed by atoms with E-state index in [-0.39, 0.29) is 5.82 Å². The molecular weight excluding hydrogens is 181 g/mol. The molecule has 0 aromatic carbocycles. The van der Waals surface area contributed by atoms with Crippen LogP contribution in [0, 0.1) is 5.82 Å². The summed E-state index contributed by atoms with van der Waals surface area (Å²) < 4.78 is 12.8. The molecule has 2 aromatic heterocycles. The number of pyridine rings is 2. The Hall–Kier alpha value is -1.97. The minimum atomic E-state index is -0.363. The fraction of sp³-hybridized carbons (Fsp3) is 0. The Balaban J connectivity index is 2.49. The van der Waals surface area contributed by atoms with Crippen molar-refractivity contribution >= 4 is 5.82 Å². The maximum absolute atomic E-state index is 12.8. The molecule has 4 heteroatoms. The van der Waals surface area contributed by atoms with Crippen molar-refractivity contribution in [3.63, 3.8) is 0 Å². The van der Waals surface area contributed by atoms with Gasteiger partial charge in [0.1, 0.15) is 11.6 Å². The van der Waals surface area contributed by atoms with E-state index < -0.39 is 0 Å². The van der Waals surface area contributed by atoms with Crippen molar-refractivity contribution in [3.05, 3.63) is 42.6 Å². The van der Waals surface area contributed by atoms with Crippen LogP contribution >= 0.6 is 0 Å². The van der Waals surface area contributed by atoms with Gasteiger partial charge in [-0.15, -0.1) is 0 Å². The minimum absolute atomic E-state index is 0.363. The van der Waals surface area contributed by atoms with E-state index in [9.17, 15) is 4.39 Å². The van der Waals surface area contributed by atoms with Crippen molar-refractivity contribution in [2.45, 2.75) is 0 Å². The van der Waals surface area contributed by atoms with Crippen molar-refractivity contribution in [2.24, 2.45) is 0 Å². The molecule has 2 rings (SSSR count). The molecule has 0 atom stereocenters. The zero-order valence-electron chi connectivity index (χ0n) is 7.31. The number of rotatable bonds is 1. The summed E-state index contributed by atoms with van der Waals surface area (Å²) in [6.07, 6.45) is 4.32. The number of hydrogen-bond acceptors (Lipinski definition) is 3. The van der Waals surface area contributed by atoms with Gasteiger partial charge in [0.05, 0.1) is 6.20 Å². The molecule has 0 aliphatic carbocycles. The smallest absolute Gasteiger partial charge is 0.142 e. The first-order chi connectivity index (χ1) is 6.75. The third kappa shape index (κ3) is 1.69. The molecule has 0 radical (unpaired) electrons. The number of anilines is 1. The summed E-state index contributed by atoms with van der Waals surface area (Å²) in [7, 11) is 0. The van der Waals surface area contributed by atoms with Crippen molar-refractivity contribution in [2.75, 3.05) is 5.73 Å². The van der Waals surface area contributed by atoms with E-state index >= 15 is 0 Å². The first-order valence-electron chi connectivity index (χ1n) is 4.08. The molecule has 14 heavy (non-hydrogen) atoms. The summed E-state index contributed by atoms with van der Waals surface area (Å²) in [6, 6.07) is 4.84. The van der Waals surface area contributed by atoms with Crippen LogP contribution in [0.4, 0.5) is 10.2 Å². The highest BCUT2D eigenvalue weighted by Crippen LogP contribution is 2.19. The highest BCUT2D eigenvalue weighted by atomic mass is 19.1. The Labute approximate surface area is 80.4 Å². The third-order valence-electron chi connectivity index (χ3n) is 1.82. The highest BCUT2D eigenvalue weighted by Gasteiger charge is 2.00. The highest BCUT2D eigenvalue weighted by molar-refractivity contribution is 5.64. The van der Waals surface area contributed by atoms with Crippen LogP contribution in [0.2, 0.25) is 0 Å². The Kier molecular flexibility index (Phi) is 2.10. The Morgan fingerprint density at radius 2 is 2.00 bits per heavy atom. The Morgan fingerprint density at radius 1 is 1.14 bits per heavy atom. The minimum Gasteiger partial charge on any atom is -0.384 e. The zero-order valence-corrected chi connectivity index (χ0v) is 7.31. The second kappa shape index (κ2) is 3.41. The van der Waals surface area contributed by atoms with Crippen LogP contribution in [0.5, 0.6) is 0 Å². The summed E-state index contributed by atoms with van der Waals surface area (Å²) >= 11 is 0. The molecule has 0 fully saturated rings. The number of halogens is 1. The van der Waals surface area contributed by atoms with E-state index in [2.05, 4.69) is 9.97 Å². The van der Waals surface area contributed by atoms with Crippen LogP contribution in [0.15, 0.2) is 36.8 Å². The van der Waals surface area contributed by atoms with Gasteiger partial charge < -0.3 is 5.73 Å². The SMILES string of the molecule is Nc1cc(-c2cncc(F)c2)ccn1. The van der Waals surface area contributed by atoms with E-state index in [4.69, 9.17) is 5.73 Å². The topological polar surface area (TPSA) is 51.8 Å². The van der Waals surface area contributed by atoms with Crippen LogP contribution < -0.4 is 5.73 Å². The number of aromatic nitrogens is 2. The second-order valence-electron chi connectivity index (χ2n) is 2.86. The summed E-state index contributed by atoms with van der Waals surface area (Å²) in [5.74, 6) is 0.0460. The first kappa shape index (κ1) is 8.62. The second-order valence-corrected chi connectivity index (χ2v) is 2.86. The lowest BCUT2D eigenvalue weighted by molar-refractivity contribution is 0.622. The average Bonchev–Trinajstić information content (AvgIpc) is 2.18. The van der Waals surface area contributed by atoms with Gasteiger partial charge in [-0.25, -0.2) is 9.37 Å². The van der Waals surface area contributed by atoms with Crippen molar-refractivity contribution in [1.82, 2.24) is 9.97 Å². The van der Waals surface area contributed by atoms with Gasteiger partial charge >= 0.3 is 0 Å². The van der Waals surface area contributed by atoms with Gasteiger partial charge in [-0.3, -0.25) is 4.98 Å². The van der Waals surface area contributed by atoms with E-state index in [1.54, 1.807) is 24.5 Å². The van der Waals surface area contributed by atoms with Crippen LogP contribution in [0.25, 0.3) is 11.1 Å². The lowest BCUT2D eigenvalue weighted by Gasteiger charge is -2.01. The van der Waals surface area contributed by atoms with Crippen LogP contribution in [-0.2, 0) is 0 Å². The largest absolute Gasteiger partial charge is 0.384 e. The molecule has 0 amide bonds. The van der Waals surface area contributed by atoms with E-state index in [0.29, 0.717) is 11.4 Å². The molecule has 0 spiro atoms. The normalized spacial score (nSPS) is 10.1. The fourth-order valence-electron chi connectivity index (χ4n) is 1.20. The van der Waals surface area contributed by atoms with Gasteiger partial charge in [0.2, 0.25) is 0 Å². The summed E-state index contributed by atoms with van der Waals surface area (Å²) in [5, 5.41) is 0. The lowest BCUT2D eigenvalue weighted by Crippen LogP contribution is -1.90. The third-order valence-corrected chi connectivity index (χ3v) is 1.82. The van der Waals surface area contributed by atoms with Crippen LogP contribution in [0.3, 0.4) is 0 Å². The maximum Gasteiger partial charge on any atom is 0.142 e. The Morgan fingerprint density at radius 3 is 2.71 bits per heavy atom. The standard InChI is InChI=1S/C10H8FN3/c11-9-3-8(5-13-6-9)7-1-2-14-10(12)4-7/h1-6H,(H2,12,14). The van der Waals surface area contributed by atoms with Gasteiger partial charge in [-0.05, 0) is 23.8 Å². The quantitative estimate of drug-likeness (QED) is 0.744. The predicted octanol–water partition coefficient (Wildman–Crippen LogP) is 1.86. The van der Waals surface area contributed by atoms with Gasteiger partial charge in [0.25, 0.3) is 0 Å². The maximum atomic E-state index is 12.8. The molecule has 0 aliphatic rings. The summed E-state index contributed by atoms with van der Waals surface area (Å²) in [4.78, 5) is 7.61. The van der Waals surface area contributed by atoms with E-state index in [1.807, 2.05) is 0 Å². The zero-order chi connectivity index (χ0) is 9.97. The number of nitrogens with two attached hydrogens (primary N) is 1. The average molecular weight is 189 g/mol. The molecule has 3 nitrogen and oxygen atoms in total. The van der Waals surface area contributed by atoms with Crippen molar-refractivity contribution in [1.29, 1.82) is 0 Å². The molecule has 70 valence electrons. The number of hydrogen-bond donors (Lipinski definition) is 1. The first-order valence-corrected chi connectivity index (χ1v) is 4.08. The molecule has 0 bridgehead atoms. The molecule has 0 unspecified atom stereocenters. The molecule has 2 N–H and O–H groups in total. The molecular formula is C10H8FN3. The predicted molar refractivity (Wildman–Crippen MR) is 51.8 cm³/mol. The van der Waals surface area contributed by atoms with E-state index in [0.717, 1.165) is 11.8 Å². The molecule has 0 saturated heterocycles. The molecule has 2 heterocycles. The monoisotopic (exact) mass is 189 g/mol. The molecule has 2 aromatic rings. The summed E-state index contributed by atoms with van der Waals surface area (Å²) in [6.45, 7) is 0. The van der Waals surface area contributed by atoms with Crippen molar-refractivity contribution < 1.29 is 4.39 Å². The van der Waals surface area contributed by atoms with Crippen LogP contribution in [0.1, 0.15) is 0 Å². The van der Waals surface area contributed by atoms with Gasteiger partial charge in [-0.2, -0.15) is 0 Å². The van der Waals surface area contributed by atoms with Crippen LogP contribution in [-0.4, -0.2) is 9.97 Å². The van der Waals surface area contributed by atoms with E-state index in [1.165, 1.54) is 6.07 Å². The van der Waals surface area contributed by atoms with Gasteiger partial charge in [0, 0.05) is 18.0 Å². The number of nitrogen functional groups attached to an aromatic ring is 1. The molecule has 0 saturated carbocycles. The fourth-order valence-corrected chi connectivity index (χ4v) is 1.20. The van der Waals surface area contributed by atoms with Gasteiger partial charge in [0.15, 0.2) is 0 Å². The summed E-state index contributed by atoms with van der Waals surface area (Å²) in [5.41, 5.74) is 7.01. The van der Waals surface area contributed by atoms with Crippen molar-refractivity contribution in [3.8, 4) is 11.1 Å². The Bertz CT molecular complexity index is 413. The lowest BCUT2D eigenvalue weighted by atomic mass is 10.1. The molecule has 0 aliphatic heterocycles. The van der Waals surface area contributed by atoms with Gasteiger partial charge in [-0.1, -0.05) is 0 Å².